The summed E-state index contributed by atoms with van der Waals surface area (Å²) < 4.78 is 5.58. The number of rotatable bonds is 3. The summed E-state index contributed by atoms with van der Waals surface area (Å²) in [4.78, 5) is 9.91. The first-order valence-corrected chi connectivity index (χ1v) is 8.62. The molecule has 0 aromatic carbocycles. The van der Waals surface area contributed by atoms with Crippen LogP contribution in [0.5, 0.6) is 0 Å². The number of anilines is 1. The van der Waals surface area contributed by atoms with Gasteiger partial charge in [0.15, 0.2) is 0 Å². The van der Waals surface area contributed by atoms with Crippen molar-refractivity contribution in [3.8, 4) is 6.07 Å². The maximum atomic E-state index is 9.53. The van der Waals surface area contributed by atoms with E-state index in [2.05, 4.69) is 21.2 Å². The Bertz CT molecular complexity index is 870. The van der Waals surface area contributed by atoms with Crippen molar-refractivity contribution in [1.82, 2.24) is 10.1 Å². The lowest BCUT2D eigenvalue weighted by Crippen LogP contribution is -2.29. The van der Waals surface area contributed by atoms with E-state index in [-0.39, 0.29) is 0 Å². The number of allylic oxidation sites excluding steroid dienone is 2. The van der Waals surface area contributed by atoms with Crippen molar-refractivity contribution < 1.29 is 4.52 Å². The Kier molecular flexibility index (Phi) is 4.24. The van der Waals surface area contributed by atoms with E-state index in [1.165, 1.54) is 11.3 Å². The van der Waals surface area contributed by atoms with Crippen molar-refractivity contribution in [3.05, 3.63) is 39.9 Å². The summed E-state index contributed by atoms with van der Waals surface area (Å²) in [5.74, 6) is 0.971. The maximum Gasteiger partial charge on any atom is 0.237 e. The molecule has 0 saturated heterocycles. The second-order valence-electron chi connectivity index (χ2n) is 5.97. The van der Waals surface area contributed by atoms with Gasteiger partial charge in [-0.15, -0.1) is 11.3 Å². The summed E-state index contributed by atoms with van der Waals surface area (Å²) in [7, 11) is 1.69. The Hall–Kier alpha value is -2.46. The van der Waals surface area contributed by atoms with Gasteiger partial charge in [-0.2, -0.15) is 10.2 Å². The first kappa shape index (κ1) is 16.4. The number of nitrogens with zero attached hydrogens (tertiary/aromatic N) is 4. The molecule has 124 valence electrons. The van der Waals surface area contributed by atoms with Crippen LogP contribution in [0, 0.1) is 11.3 Å². The molecule has 6 nitrogen and oxygen atoms in total. The average Bonchev–Trinajstić information content (AvgIpc) is 3.17. The van der Waals surface area contributed by atoms with Crippen molar-refractivity contribution in [2.24, 2.45) is 4.99 Å². The standard InChI is InChI=1S/C17H19N5OS/c1-4-6-11(20-3)15-21-16(23-22-15)17(2)8-5-7-12-13(17)10(9-18)14(19)24-12/h4,6H,5,7-8,19H2,1-3H3/b6-4-,20-11?. The summed E-state index contributed by atoms with van der Waals surface area (Å²) in [6.07, 6.45) is 6.49. The molecule has 0 aliphatic heterocycles. The minimum Gasteiger partial charge on any atom is -0.389 e. The lowest BCUT2D eigenvalue weighted by atomic mass is 9.72. The molecule has 2 aromatic rings. The smallest absolute Gasteiger partial charge is 0.237 e. The summed E-state index contributed by atoms with van der Waals surface area (Å²) in [5.41, 5.74) is 7.72. The topological polar surface area (TPSA) is 101 Å². The summed E-state index contributed by atoms with van der Waals surface area (Å²) in [5, 5.41) is 14.2. The summed E-state index contributed by atoms with van der Waals surface area (Å²) in [6, 6.07) is 2.25. The molecule has 2 heterocycles. The largest absolute Gasteiger partial charge is 0.389 e. The van der Waals surface area contributed by atoms with Gasteiger partial charge >= 0.3 is 0 Å². The van der Waals surface area contributed by atoms with Crippen LogP contribution in [0.2, 0.25) is 0 Å². The Balaban J connectivity index is 2.12. The van der Waals surface area contributed by atoms with Crippen molar-refractivity contribution in [1.29, 1.82) is 5.26 Å². The van der Waals surface area contributed by atoms with Gasteiger partial charge in [0.1, 0.15) is 16.8 Å². The van der Waals surface area contributed by atoms with Crippen LogP contribution in [0.25, 0.3) is 0 Å². The van der Waals surface area contributed by atoms with Gasteiger partial charge in [-0.05, 0) is 39.2 Å². The molecular formula is C17H19N5OS. The Morgan fingerprint density at radius 1 is 1.54 bits per heavy atom. The van der Waals surface area contributed by atoms with Crippen LogP contribution in [-0.4, -0.2) is 22.9 Å². The molecule has 1 aliphatic carbocycles. The summed E-state index contributed by atoms with van der Waals surface area (Å²) >= 11 is 1.49. The zero-order chi connectivity index (χ0) is 17.3. The van der Waals surface area contributed by atoms with E-state index in [4.69, 9.17) is 10.3 Å². The number of thiophene rings is 1. The van der Waals surface area contributed by atoms with Crippen LogP contribution < -0.4 is 5.73 Å². The molecule has 1 aliphatic rings. The molecule has 3 rings (SSSR count). The number of nitriles is 1. The highest BCUT2D eigenvalue weighted by Crippen LogP contribution is 2.48. The van der Waals surface area contributed by atoms with E-state index in [9.17, 15) is 5.26 Å². The Morgan fingerprint density at radius 2 is 2.33 bits per heavy atom. The fourth-order valence-corrected chi connectivity index (χ4v) is 4.46. The van der Waals surface area contributed by atoms with Gasteiger partial charge in [0.2, 0.25) is 11.7 Å². The SMILES string of the molecule is C/C=C\C(=NC)c1noc(C2(C)CCCc3sc(N)c(C#N)c32)n1. The number of aromatic nitrogens is 2. The van der Waals surface area contributed by atoms with Gasteiger partial charge in [0, 0.05) is 17.5 Å². The monoisotopic (exact) mass is 341 g/mol. The lowest BCUT2D eigenvalue weighted by Gasteiger charge is -2.30. The number of hydrogen-bond donors (Lipinski definition) is 1. The van der Waals surface area contributed by atoms with Crippen molar-refractivity contribution in [2.45, 2.75) is 38.5 Å². The van der Waals surface area contributed by atoms with Gasteiger partial charge in [-0.1, -0.05) is 11.2 Å². The van der Waals surface area contributed by atoms with Crippen LogP contribution in [0.1, 0.15) is 54.4 Å². The van der Waals surface area contributed by atoms with Crippen LogP contribution >= 0.6 is 11.3 Å². The molecule has 0 spiro atoms. The van der Waals surface area contributed by atoms with Gasteiger partial charge in [0.05, 0.1) is 11.0 Å². The van der Waals surface area contributed by atoms with Crippen LogP contribution in [0.3, 0.4) is 0 Å². The Labute approximate surface area is 144 Å². The molecule has 7 heteroatoms. The quantitative estimate of drug-likeness (QED) is 0.864. The van der Waals surface area contributed by atoms with E-state index in [0.29, 0.717) is 28.0 Å². The molecule has 0 saturated carbocycles. The van der Waals surface area contributed by atoms with Crippen LogP contribution in [-0.2, 0) is 11.8 Å². The number of hydrogen-bond acceptors (Lipinski definition) is 7. The lowest BCUT2D eigenvalue weighted by molar-refractivity contribution is 0.300. The molecule has 0 amide bonds. The fraction of sp³-hybridized carbons (Fsp3) is 0.412. The van der Waals surface area contributed by atoms with Crippen LogP contribution in [0.4, 0.5) is 5.00 Å². The van der Waals surface area contributed by atoms with Crippen molar-refractivity contribution >= 4 is 22.0 Å². The molecule has 0 bridgehead atoms. The molecule has 24 heavy (non-hydrogen) atoms. The van der Waals surface area contributed by atoms with E-state index >= 15 is 0 Å². The predicted octanol–water partition coefficient (Wildman–Crippen LogP) is 3.22. The fourth-order valence-electron chi connectivity index (χ4n) is 3.27. The zero-order valence-electron chi connectivity index (χ0n) is 14.0. The first-order valence-electron chi connectivity index (χ1n) is 7.81. The van der Waals surface area contributed by atoms with E-state index in [1.807, 2.05) is 26.0 Å². The van der Waals surface area contributed by atoms with Crippen molar-refractivity contribution in [2.75, 3.05) is 12.8 Å². The molecule has 0 fully saturated rings. The normalized spacial score (nSPS) is 21.0. The second-order valence-corrected chi connectivity index (χ2v) is 7.11. The average molecular weight is 341 g/mol. The van der Waals surface area contributed by atoms with Gasteiger partial charge in [-0.3, -0.25) is 4.99 Å². The maximum absolute atomic E-state index is 9.53. The molecule has 1 unspecified atom stereocenters. The number of aliphatic imine (C=N–C) groups is 1. The number of nitrogens with two attached hydrogens (primary N) is 1. The number of nitrogen functional groups attached to an aromatic ring is 1. The second kappa shape index (κ2) is 6.21. The van der Waals surface area contributed by atoms with Crippen molar-refractivity contribution in [3.63, 3.8) is 0 Å². The minimum absolute atomic E-state index is 0.459. The molecule has 0 radical (unpaired) electrons. The highest BCUT2D eigenvalue weighted by atomic mass is 32.1. The van der Waals surface area contributed by atoms with Gasteiger partial charge < -0.3 is 10.3 Å². The third-order valence-electron chi connectivity index (χ3n) is 4.45. The van der Waals surface area contributed by atoms with Crippen LogP contribution in [0.15, 0.2) is 21.7 Å². The first-order chi connectivity index (χ1) is 11.5. The summed E-state index contributed by atoms with van der Waals surface area (Å²) in [6.45, 7) is 3.96. The van der Waals surface area contributed by atoms with Gasteiger partial charge in [0.25, 0.3) is 0 Å². The highest BCUT2D eigenvalue weighted by molar-refractivity contribution is 7.16. The molecule has 1 atom stereocenters. The molecule has 2 aromatic heterocycles. The minimum atomic E-state index is -0.493. The predicted molar refractivity (Wildman–Crippen MR) is 94.4 cm³/mol. The highest BCUT2D eigenvalue weighted by Gasteiger charge is 2.42. The zero-order valence-corrected chi connectivity index (χ0v) is 14.8. The van der Waals surface area contributed by atoms with E-state index in [0.717, 1.165) is 29.7 Å². The van der Waals surface area contributed by atoms with E-state index < -0.39 is 5.41 Å². The number of aryl methyl sites for hydroxylation is 1. The number of fused-ring (bicyclic) bond motifs is 1. The molecular weight excluding hydrogens is 322 g/mol. The molecule has 2 N–H and O–H groups in total. The van der Waals surface area contributed by atoms with E-state index in [1.54, 1.807) is 7.05 Å². The third-order valence-corrected chi connectivity index (χ3v) is 5.52. The van der Waals surface area contributed by atoms with Gasteiger partial charge in [-0.25, -0.2) is 0 Å². The Morgan fingerprint density at radius 3 is 3.00 bits per heavy atom. The third kappa shape index (κ3) is 2.43.